The van der Waals surface area contributed by atoms with Gasteiger partial charge in [-0.25, -0.2) is 0 Å². The average molecular weight is 212 g/mol. The fraction of sp³-hybridized carbons (Fsp3) is 0.600. The largest absolute Gasteiger partial charge is 0.468 e. The van der Waals surface area contributed by atoms with Gasteiger partial charge in [-0.05, 0) is 24.5 Å². The summed E-state index contributed by atoms with van der Waals surface area (Å²) in [5, 5.41) is 0. The third-order valence-electron chi connectivity index (χ3n) is 2.44. The van der Waals surface area contributed by atoms with Gasteiger partial charge in [0.25, 0.3) is 0 Å². The molecule has 1 aromatic rings. The Balaban J connectivity index is 2.57. The molecule has 0 bridgehead atoms. The van der Waals surface area contributed by atoms with Crippen LogP contribution in [0.2, 0.25) is 0 Å². The van der Waals surface area contributed by atoms with Crippen LogP contribution in [0.4, 0.5) is 0 Å². The maximum atomic E-state index is 5.48. The standard InChI is InChI=1S/C10H20N4O/c1-2-3-9(14-12)6-8-4-5-15-10(8)7-13-11/h4-5,9,13-14H,2-3,6-7,11-12H2,1H3. The van der Waals surface area contributed by atoms with Crippen molar-refractivity contribution in [2.45, 2.75) is 38.8 Å². The minimum Gasteiger partial charge on any atom is -0.468 e. The first-order chi connectivity index (χ1) is 7.31. The van der Waals surface area contributed by atoms with E-state index in [0.717, 1.165) is 30.6 Å². The quantitative estimate of drug-likeness (QED) is 0.388. The lowest BCUT2D eigenvalue weighted by molar-refractivity contribution is 0.459. The molecule has 0 aliphatic rings. The van der Waals surface area contributed by atoms with Gasteiger partial charge in [0.1, 0.15) is 5.76 Å². The normalized spacial score (nSPS) is 13.0. The molecule has 0 aromatic carbocycles. The molecule has 86 valence electrons. The molecule has 0 aliphatic heterocycles. The first kappa shape index (κ1) is 12.2. The number of rotatable bonds is 7. The van der Waals surface area contributed by atoms with E-state index >= 15 is 0 Å². The Kier molecular flexibility index (Phi) is 5.34. The molecule has 0 saturated carbocycles. The van der Waals surface area contributed by atoms with Crippen LogP contribution in [0.3, 0.4) is 0 Å². The lowest BCUT2D eigenvalue weighted by atomic mass is 10.0. The van der Waals surface area contributed by atoms with Gasteiger partial charge in [0, 0.05) is 6.04 Å². The summed E-state index contributed by atoms with van der Waals surface area (Å²) in [4.78, 5) is 0. The summed E-state index contributed by atoms with van der Waals surface area (Å²) in [6.07, 6.45) is 4.72. The highest BCUT2D eigenvalue weighted by Crippen LogP contribution is 2.14. The molecule has 1 aromatic heterocycles. The monoisotopic (exact) mass is 212 g/mol. The van der Waals surface area contributed by atoms with Gasteiger partial charge in [0.05, 0.1) is 12.8 Å². The number of nitrogens with two attached hydrogens (primary N) is 2. The molecule has 5 nitrogen and oxygen atoms in total. The highest BCUT2D eigenvalue weighted by Gasteiger charge is 2.11. The van der Waals surface area contributed by atoms with Crippen molar-refractivity contribution in [2.75, 3.05) is 0 Å². The van der Waals surface area contributed by atoms with Gasteiger partial charge >= 0.3 is 0 Å². The van der Waals surface area contributed by atoms with E-state index in [2.05, 4.69) is 17.8 Å². The highest BCUT2D eigenvalue weighted by atomic mass is 16.3. The molecule has 1 atom stereocenters. The third-order valence-corrected chi connectivity index (χ3v) is 2.44. The predicted molar refractivity (Wildman–Crippen MR) is 59.5 cm³/mol. The second-order valence-corrected chi connectivity index (χ2v) is 3.61. The maximum Gasteiger partial charge on any atom is 0.122 e. The topological polar surface area (TPSA) is 89.2 Å². The summed E-state index contributed by atoms with van der Waals surface area (Å²) in [5.41, 5.74) is 6.56. The fourth-order valence-electron chi connectivity index (χ4n) is 1.65. The minimum atomic E-state index is 0.295. The van der Waals surface area contributed by atoms with E-state index in [1.165, 1.54) is 0 Å². The second kappa shape index (κ2) is 6.58. The zero-order valence-corrected chi connectivity index (χ0v) is 9.12. The third kappa shape index (κ3) is 3.64. The SMILES string of the molecule is CCCC(Cc1ccoc1CNN)NN. The van der Waals surface area contributed by atoms with Crippen molar-refractivity contribution in [1.29, 1.82) is 0 Å². The molecule has 0 saturated heterocycles. The van der Waals surface area contributed by atoms with Crippen molar-refractivity contribution in [3.8, 4) is 0 Å². The molecule has 1 unspecified atom stereocenters. The van der Waals surface area contributed by atoms with Crippen LogP contribution < -0.4 is 22.5 Å². The lowest BCUT2D eigenvalue weighted by Gasteiger charge is -2.14. The van der Waals surface area contributed by atoms with Gasteiger partial charge in [-0.1, -0.05) is 13.3 Å². The summed E-state index contributed by atoms with van der Waals surface area (Å²) in [6.45, 7) is 2.69. The van der Waals surface area contributed by atoms with Crippen LogP contribution in [0, 0.1) is 0 Å². The van der Waals surface area contributed by atoms with E-state index in [1.54, 1.807) is 6.26 Å². The van der Waals surface area contributed by atoms with Crippen LogP contribution in [0.25, 0.3) is 0 Å². The second-order valence-electron chi connectivity index (χ2n) is 3.61. The van der Waals surface area contributed by atoms with Crippen LogP contribution in [0.5, 0.6) is 0 Å². The van der Waals surface area contributed by atoms with Crippen molar-refractivity contribution in [3.63, 3.8) is 0 Å². The Hall–Kier alpha value is -0.880. The fourth-order valence-corrected chi connectivity index (χ4v) is 1.65. The first-order valence-electron chi connectivity index (χ1n) is 5.26. The van der Waals surface area contributed by atoms with Gasteiger partial charge in [-0.2, -0.15) is 0 Å². The van der Waals surface area contributed by atoms with Gasteiger partial charge in [-0.3, -0.25) is 22.5 Å². The summed E-state index contributed by atoms with van der Waals surface area (Å²) >= 11 is 0. The highest BCUT2D eigenvalue weighted by molar-refractivity contribution is 5.18. The molecule has 0 amide bonds. The van der Waals surface area contributed by atoms with Crippen molar-refractivity contribution >= 4 is 0 Å². The molecule has 15 heavy (non-hydrogen) atoms. The average Bonchev–Trinajstić information content (AvgIpc) is 2.66. The Morgan fingerprint density at radius 3 is 2.87 bits per heavy atom. The van der Waals surface area contributed by atoms with E-state index in [0.29, 0.717) is 12.6 Å². The molecule has 6 N–H and O–H groups in total. The molecule has 0 spiro atoms. The van der Waals surface area contributed by atoms with Crippen molar-refractivity contribution < 1.29 is 4.42 Å². The molecule has 1 rings (SSSR count). The lowest BCUT2D eigenvalue weighted by Crippen LogP contribution is -2.36. The summed E-state index contributed by atoms with van der Waals surface area (Å²) in [6, 6.07) is 2.26. The molecular weight excluding hydrogens is 192 g/mol. The van der Waals surface area contributed by atoms with E-state index in [4.69, 9.17) is 16.1 Å². The first-order valence-corrected chi connectivity index (χ1v) is 5.26. The van der Waals surface area contributed by atoms with Gasteiger partial charge < -0.3 is 4.42 Å². The number of furan rings is 1. The van der Waals surface area contributed by atoms with E-state index in [-0.39, 0.29) is 0 Å². The summed E-state index contributed by atoms with van der Waals surface area (Å²) < 4.78 is 5.32. The molecule has 1 heterocycles. The van der Waals surface area contributed by atoms with Crippen LogP contribution in [0.15, 0.2) is 16.7 Å². The number of hydrogen-bond donors (Lipinski definition) is 4. The molecule has 0 fully saturated rings. The van der Waals surface area contributed by atoms with Gasteiger partial charge in [0.15, 0.2) is 0 Å². The van der Waals surface area contributed by atoms with Crippen LogP contribution in [0.1, 0.15) is 31.1 Å². The van der Waals surface area contributed by atoms with Crippen LogP contribution in [-0.4, -0.2) is 6.04 Å². The molecule has 0 radical (unpaired) electrons. The van der Waals surface area contributed by atoms with Gasteiger partial charge in [-0.15, -0.1) is 0 Å². The zero-order chi connectivity index (χ0) is 11.1. The Bertz CT molecular complexity index is 274. The summed E-state index contributed by atoms with van der Waals surface area (Å²) in [5.74, 6) is 11.6. The molecular formula is C10H20N4O. The smallest absolute Gasteiger partial charge is 0.122 e. The van der Waals surface area contributed by atoms with Crippen molar-refractivity contribution in [3.05, 3.63) is 23.7 Å². The van der Waals surface area contributed by atoms with Crippen LogP contribution >= 0.6 is 0 Å². The maximum absolute atomic E-state index is 5.48. The van der Waals surface area contributed by atoms with Gasteiger partial charge in [0.2, 0.25) is 0 Å². The molecule has 5 heteroatoms. The Morgan fingerprint density at radius 1 is 1.47 bits per heavy atom. The van der Waals surface area contributed by atoms with E-state index in [9.17, 15) is 0 Å². The number of hydrazine groups is 2. The minimum absolute atomic E-state index is 0.295. The van der Waals surface area contributed by atoms with Crippen molar-refractivity contribution in [2.24, 2.45) is 11.7 Å². The number of nitrogens with one attached hydrogen (secondary N) is 2. The van der Waals surface area contributed by atoms with E-state index < -0.39 is 0 Å². The van der Waals surface area contributed by atoms with E-state index in [1.807, 2.05) is 6.07 Å². The van der Waals surface area contributed by atoms with Crippen molar-refractivity contribution in [1.82, 2.24) is 10.9 Å². The number of hydrogen-bond acceptors (Lipinski definition) is 5. The molecule has 0 aliphatic carbocycles. The predicted octanol–water partition coefficient (Wildman–Crippen LogP) is 0.417. The zero-order valence-electron chi connectivity index (χ0n) is 9.12. The Labute approximate surface area is 90.1 Å². The van der Waals surface area contributed by atoms with Crippen LogP contribution in [-0.2, 0) is 13.0 Å². The summed E-state index contributed by atoms with van der Waals surface area (Å²) in [7, 11) is 0. The Morgan fingerprint density at radius 2 is 2.27 bits per heavy atom.